The molecule has 4 N–H and O–H groups in total. The Morgan fingerprint density at radius 2 is 1.80 bits per heavy atom. The molecule has 0 saturated carbocycles. The zero-order valence-corrected chi connectivity index (χ0v) is 20.0. The third-order valence-electron chi connectivity index (χ3n) is 7.71. The quantitative estimate of drug-likeness (QED) is 0.525. The molecule has 0 spiro atoms. The van der Waals surface area contributed by atoms with Gasteiger partial charge < -0.3 is 16.0 Å². The maximum atomic E-state index is 12.9. The van der Waals surface area contributed by atoms with Crippen LogP contribution in [0.3, 0.4) is 0 Å². The van der Waals surface area contributed by atoms with Crippen molar-refractivity contribution >= 4 is 17.7 Å². The molecule has 5 rings (SSSR count). The summed E-state index contributed by atoms with van der Waals surface area (Å²) >= 11 is 0. The average Bonchev–Trinajstić information content (AvgIpc) is 3.20. The van der Waals surface area contributed by atoms with Crippen molar-refractivity contribution in [3.63, 3.8) is 0 Å². The number of piperidine rings is 2. The number of carbonyl (C=O) groups excluding carboxylic acids is 3. The van der Waals surface area contributed by atoms with Crippen LogP contribution in [0.4, 0.5) is 0 Å². The van der Waals surface area contributed by atoms with Crippen molar-refractivity contribution in [3.8, 4) is 0 Å². The van der Waals surface area contributed by atoms with Crippen molar-refractivity contribution in [3.05, 3.63) is 70.8 Å². The molecule has 0 radical (unpaired) electrons. The first-order valence-corrected chi connectivity index (χ1v) is 12.4. The van der Waals surface area contributed by atoms with Crippen LogP contribution in [0.1, 0.15) is 52.7 Å². The van der Waals surface area contributed by atoms with Crippen LogP contribution < -0.4 is 16.4 Å². The van der Waals surface area contributed by atoms with E-state index in [2.05, 4.69) is 45.9 Å². The largest absolute Gasteiger partial charge is 0.329 e. The lowest BCUT2D eigenvalue weighted by atomic mass is 9.87. The molecule has 0 aromatic heterocycles. The molecule has 2 fully saturated rings. The van der Waals surface area contributed by atoms with Crippen LogP contribution in [-0.4, -0.2) is 58.7 Å². The van der Waals surface area contributed by atoms with Gasteiger partial charge in [0.15, 0.2) is 0 Å². The maximum absolute atomic E-state index is 12.9. The Kier molecular flexibility index (Phi) is 6.69. The Balaban J connectivity index is 1.19. The predicted octanol–water partition coefficient (Wildman–Crippen LogP) is 1.53. The lowest BCUT2D eigenvalue weighted by Gasteiger charge is -2.42. The van der Waals surface area contributed by atoms with E-state index >= 15 is 0 Å². The summed E-state index contributed by atoms with van der Waals surface area (Å²) in [5.41, 5.74) is 10.1. The van der Waals surface area contributed by atoms with Gasteiger partial charge in [-0.1, -0.05) is 42.5 Å². The average molecular weight is 476 g/mol. The van der Waals surface area contributed by atoms with Gasteiger partial charge in [0.25, 0.3) is 5.91 Å². The van der Waals surface area contributed by atoms with Crippen molar-refractivity contribution in [1.82, 2.24) is 20.4 Å². The van der Waals surface area contributed by atoms with Gasteiger partial charge in [-0.05, 0) is 42.0 Å². The molecule has 2 saturated heterocycles. The normalized spacial score (nSPS) is 22.3. The summed E-state index contributed by atoms with van der Waals surface area (Å²) in [6.45, 7) is 4.61. The van der Waals surface area contributed by atoms with Gasteiger partial charge in [-0.3, -0.25) is 24.6 Å². The van der Waals surface area contributed by atoms with E-state index in [1.807, 2.05) is 18.2 Å². The second kappa shape index (κ2) is 9.89. The summed E-state index contributed by atoms with van der Waals surface area (Å²) < 4.78 is 0. The zero-order chi connectivity index (χ0) is 24.4. The maximum Gasteiger partial charge on any atom is 0.255 e. The number of imide groups is 1. The molecule has 2 aromatic rings. The molecular formula is C27H33N5O3. The van der Waals surface area contributed by atoms with Crippen molar-refractivity contribution in [2.45, 2.75) is 56.9 Å². The van der Waals surface area contributed by atoms with E-state index in [0.717, 1.165) is 43.6 Å². The van der Waals surface area contributed by atoms with Crippen LogP contribution >= 0.6 is 0 Å². The molecule has 3 aliphatic heterocycles. The summed E-state index contributed by atoms with van der Waals surface area (Å²) in [5, 5.41) is 6.07. The summed E-state index contributed by atoms with van der Waals surface area (Å²) in [6.07, 6.45) is 2.61. The minimum Gasteiger partial charge on any atom is -0.329 e. The topological polar surface area (TPSA) is 108 Å². The van der Waals surface area contributed by atoms with E-state index in [9.17, 15) is 14.4 Å². The Labute approximate surface area is 205 Å². The van der Waals surface area contributed by atoms with Crippen LogP contribution in [0, 0.1) is 0 Å². The van der Waals surface area contributed by atoms with Crippen molar-refractivity contribution < 1.29 is 14.4 Å². The Hall–Kier alpha value is -3.07. The third-order valence-corrected chi connectivity index (χ3v) is 7.71. The van der Waals surface area contributed by atoms with E-state index in [1.165, 1.54) is 5.56 Å². The Morgan fingerprint density at radius 3 is 2.51 bits per heavy atom. The second-order valence-electron chi connectivity index (χ2n) is 9.99. The van der Waals surface area contributed by atoms with E-state index in [0.29, 0.717) is 31.6 Å². The Bertz CT molecular complexity index is 1110. The van der Waals surface area contributed by atoms with Gasteiger partial charge >= 0.3 is 0 Å². The van der Waals surface area contributed by atoms with Crippen molar-refractivity contribution in [1.29, 1.82) is 0 Å². The van der Waals surface area contributed by atoms with Crippen LogP contribution in [0.15, 0.2) is 48.5 Å². The lowest BCUT2D eigenvalue weighted by Crippen LogP contribution is -2.57. The molecule has 3 aliphatic rings. The van der Waals surface area contributed by atoms with Crippen LogP contribution in [0.2, 0.25) is 0 Å². The fraction of sp³-hybridized carbons (Fsp3) is 0.444. The fourth-order valence-electron chi connectivity index (χ4n) is 5.46. The van der Waals surface area contributed by atoms with E-state index in [1.54, 1.807) is 4.90 Å². The van der Waals surface area contributed by atoms with Crippen LogP contribution in [-0.2, 0) is 29.2 Å². The molecule has 8 heteroatoms. The molecule has 0 bridgehead atoms. The number of nitrogens with two attached hydrogens (primary N) is 1. The zero-order valence-electron chi connectivity index (χ0n) is 20.0. The number of benzene rings is 2. The van der Waals surface area contributed by atoms with Crippen LogP contribution in [0.25, 0.3) is 0 Å². The predicted molar refractivity (Wildman–Crippen MR) is 132 cm³/mol. The van der Waals surface area contributed by atoms with E-state index in [4.69, 9.17) is 5.73 Å². The lowest BCUT2D eigenvalue weighted by molar-refractivity contribution is -0.136. The van der Waals surface area contributed by atoms with Crippen molar-refractivity contribution in [2.75, 3.05) is 19.6 Å². The van der Waals surface area contributed by atoms with Crippen LogP contribution in [0.5, 0.6) is 0 Å². The monoisotopic (exact) mass is 475 g/mol. The van der Waals surface area contributed by atoms with Gasteiger partial charge in [-0.25, -0.2) is 0 Å². The summed E-state index contributed by atoms with van der Waals surface area (Å²) in [7, 11) is 0. The van der Waals surface area contributed by atoms with Crippen molar-refractivity contribution in [2.24, 2.45) is 5.73 Å². The summed E-state index contributed by atoms with van der Waals surface area (Å²) in [4.78, 5) is 40.7. The first-order chi connectivity index (χ1) is 17.0. The van der Waals surface area contributed by atoms with E-state index < -0.39 is 6.04 Å². The highest BCUT2D eigenvalue weighted by Gasteiger charge is 2.39. The molecule has 184 valence electrons. The highest BCUT2D eigenvalue weighted by atomic mass is 16.2. The molecule has 3 heterocycles. The first kappa shape index (κ1) is 23.7. The highest BCUT2D eigenvalue weighted by Crippen LogP contribution is 2.29. The van der Waals surface area contributed by atoms with Gasteiger partial charge in [0.2, 0.25) is 11.8 Å². The molecule has 35 heavy (non-hydrogen) atoms. The first-order valence-electron chi connectivity index (χ1n) is 12.4. The number of rotatable bonds is 7. The van der Waals surface area contributed by atoms with E-state index in [-0.39, 0.29) is 29.7 Å². The van der Waals surface area contributed by atoms with Gasteiger partial charge in [0, 0.05) is 56.8 Å². The minimum atomic E-state index is -0.587. The third kappa shape index (κ3) is 5.00. The number of amides is 3. The van der Waals surface area contributed by atoms with Gasteiger partial charge in [-0.2, -0.15) is 0 Å². The minimum absolute atomic E-state index is 0.0964. The molecule has 8 nitrogen and oxygen atoms in total. The molecule has 0 aliphatic carbocycles. The smallest absolute Gasteiger partial charge is 0.255 e. The number of hydrogen-bond acceptors (Lipinski definition) is 6. The van der Waals surface area contributed by atoms with Gasteiger partial charge in [-0.15, -0.1) is 0 Å². The number of nitrogens with zero attached hydrogens (tertiary/aromatic N) is 2. The number of likely N-dealkylation sites (tertiary alicyclic amines) is 1. The number of hydrogen-bond donors (Lipinski definition) is 3. The summed E-state index contributed by atoms with van der Waals surface area (Å²) in [6, 6.07) is 15.9. The molecule has 3 amide bonds. The van der Waals surface area contributed by atoms with Gasteiger partial charge in [0.1, 0.15) is 6.04 Å². The molecular weight excluding hydrogens is 442 g/mol. The number of nitrogens with one attached hydrogen (secondary N) is 2. The number of fused-ring (bicyclic) bond motifs is 1. The molecule has 2 aromatic carbocycles. The standard InChI is InChI=1S/C27H33N5O3/c28-18-27(10-12-31(13-11-27)16-19-4-2-1-3-5-19)29-15-20-6-7-22-21(14-20)17-32(26(22)35)23-8-9-24(33)30-25(23)34/h1-7,14,23,29H,8-13,15-18,28H2,(H,30,33,34). The fourth-order valence-corrected chi connectivity index (χ4v) is 5.46. The SMILES string of the molecule is NCC1(NCc2ccc3c(c2)CN(C2CCC(=O)NC2=O)C3=O)CCN(Cc2ccccc2)CC1. The Morgan fingerprint density at radius 1 is 1.03 bits per heavy atom. The highest BCUT2D eigenvalue weighted by molar-refractivity contribution is 6.05. The van der Waals surface area contributed by atoms with Gasteiger partial charge in [0.05, 0.1) is 0 Å². The summed E-state index contributed by atoms with van der Waals surface area (Å²) in [5.74, 6) is -0.797. The number of carbonyl (C=O) groups is 3. The second-order valence-corrected chi connectivity index (χ2v) is 9.99. The molecule has 1 atom stereocenters. The molecule has 1 unspecified atom stereocenters.